The topological polar surface area (TPSA) is 89.8 Å². The third-order valence-electron chi connectivity index (χ3n) is 6.31. The van der Waals surface area contributed by atoms with Gasteiger partial charge in [-0.15, -0.1) is 5.10 Å². The fraction of sp³-hybridized carbons (Fsp3) is 0.360. The summed E-state index contributed by atoms with van der Waals surface area (Å²) in [7, 11) is 0. The Morgan fingerprint density at radius 3 is 2.31 bits per heavy atom. The second-order valence-corrected chi connectivity index (χ2v) is 8.90. The molecule has 1 aromatic heterocycles. The summed E-state index contributed by atoms with van der Waals surface area (Å²) in [4.78, 5) is 29.5. The van der Waals surface area contributed by atoms with Crippen molar-refractivity contribution in [2.75, 3.05) is 32.8 Å². The van der Waals surface area contributed by atoms with E-state index in [1.165, 1.54) is 0 Å². The zero-order valence-corrected chi connectivity index (χ0v) is 20.1. The first-order chi connectivity index (χ1) is 17.0. The average Bonchev–Trinajstić information content (AvgIpc) is 3.32. The van der Waals surface area contributed by atoms with E-state index >= 15 is 0 Å². The number of halogens is 1. The van der Waals surface area contributed by atoms with Crippen LogP contribution in [0.15, 0.2) is 48.5 Å². The summed E-state index contributed by atoms with van der Waals surface area (Å²) < 4.78 is 13.2. The summed E-state index contributed by atoms with van der Waals surface area (Å²) in [5, 5.41) is 9.04. The minimum absolute atomic E-state index is 0.0529. The third-order valence-corrected chi connectivity index (χ3v) is 6.56. The highest BCUT2D eigenvalue weighted by atomic mass is 35.5. The van der Waals surface area contributed by atoms with Crippen LogP contribution in [0, 0.1) is 0 Å². The van der Waals surface area contributed by atoms with Gasteiger partial charge < -0.3 is 19.3 Å². The molecule has 3 aromatic rings. The van der Waals surface area contributed by atoms with Crippen molar-refractivity contribution < 1.29 is 19.1 Å². The first kappa shape index (κ1) is 23.3. The van der Waals surface area contributed by atoms with E-state index in [-0.39, 0.29) is 24.5 Å². The van der Waals surface area contributed by atoms with Gasteiger partial charge in [-0.3, -0.25) is 9.59 Å². The number of carbonyl (C=O) groups excluding carboxylic acids is 2. The Morgan fingerprint density at radius 1 is 1.00 bits per heavy atom. The smallest absolute Gasteiger partial charge is 0.276 e. The zero-order valence-electron chi connectivity index (χ0n) is 19.4. The number of hydrogen-bond acceptors (Lipinski definition) is 6. The predicted octanol–water partition coefficient (Wildman–Crippen LogP) is 3.20. The molecular weight excluding hydrogens is 470 g/mol. The van der Waals surface area contributed by atoms with E-state index in [4.69, 9.17) is 21.1 Å². The summed E-state index contributed by atoms with van der Waals surface area (Å²) in [6, 6.07) is 14.6. The predicted molar refractivity (Wildman–Crippen MR) is 128 cm³/mol. The minimum atomic E-state index is -0.187. The van der Waals surface area contributed by atoms with Gasteiger partial charge in [-0.1, -0.05) is 28.9 Å². The van der Waals surface area contributed by atoms with Crippen molar-refractivity contribution in [3.8, 4) is 5.75 Å². The number of hydrogen-bond donors (Lipinski definition) is 0. The van der Waals surface area contributed by atoms with Crippen molar-refractivity contribution in [3.05, 3.63) is 76.1 Å². The molecule has 2 aliphatic heterocycles. The van der Waals surface area contributed by atoms with Gasteiger partial charge in [-0.2, -0.15) is 0 Å². The number of benzene rings is 2. The number of ether oxygens (including phenoxy) is 2. The number of rotatable bonds is 5. The van der Waals surface area contributed by atoms with Gasteiger partial charge in [-0.25, -0.2) is 4.68 Å². The van der Waals surface area contributed by atoms with Gasteiger partial charge in [0.05, 0.1) is 25.5 Å². The Labute approximate surface area is 208 Å². The third kappa shape index (κ3) is 4.87. The molecule has 182 valence electrons. The molecule has 1 saturated heterocycles. The molecule has 0 saturated carbocycles. The number of nitrogens with zero attached hydrogens (tertiary/aromatic N) is 5. The molecule has 35 heavy (non-hydrogen) atoms. The number of piperazine rings is 1. The van der Waals surface area contributed by atoms with Crippen molar-refractivity contribution in [1.29, 1.82) is 0 Å². The molecule has 2 aliphatic rings. The van der Waals surface area contributed by atoms with E-state index in [1.807, 2.05) is 31.2 Å². The Hall–Kier alpha value is -3.43. The Kier molecular flexibility index (Phi) is 6.70. The van der Waals surface area contributed by atoms with Gasteiger partial charge in [0.1, 0.15) is 11.9 Å². The van der Waals surface area contributed by atoms with Crippen molar-refractivity contribution in [2.24, 2.45) is 0 Å². The van der Waals surface area contributed by atoms with E-state index in [1.54, 1.807) is 38.7 Å². The fourth-order valence-corrected chi connectivity index (χ4v) is 4.49. The van der Waals surface area contributed by atoms with Crippen molar-refractivity contribution >= 4 is 23.4 Å². The molecule has 0 bridgehead atoms. The monoisotopic (exact) mass is 495 g/mol. The molecule has 0 aliphatic carbocycles. The summed E-state index contributed by atoms with van der Waals surface area (Å²) in [5.74, 6) is 0.496. The highest BCUT2D eigenvalue weighted by Crippen LogP contribution is 2.28. The Balaban J connectivity index is 1.20. The highest BCUT2D eigenvalue weighted by Gasteiger charge is 2.32. The van der Waals surface area contributed by atoms with Crippen LogP contribution in [0.2, 0.25) is 5.02 Å². The van der Waals surface area contributed by atoms with Crippen LogP contribution in [0.1, 0.15) is 45.1 Å². The maximum atomic E-state index is 13.2. The van der Waals surface area contributed by atoms with E-state index < -0.39 is 0 Å². The number of aromatic nitrogens is 3. The lowest BCUT2D eigenvalue weighted by molar-refractivity contribution is -0.00202. The van der Waals surface area contributed by atoms with Gasteiger partial charge in [0.2, 0.25) is 0 Å². The first-order valence-corrected chi connectivity index (χ1v) is 12.0. The van der Waals surface area contributed by atoms with Gasteiger partial charge in [0.25, 0.3) is 11.8 Å². The molecule has 1 fully saturated rings. The fourth-order valence-electron chi connectivity index (χ4n) is 4.36. The first-order valence-electron chi connectivity index (χ1n) is 11.6. The lowest BCUT2D eigenvalue weighted by Gasteiger charge is -2.34. The van der Waals surface area contributed by atoms with Crippen molar-refractivity contribution in [1.82, 2.24) is 24.8 Å². The van der Waals surface area contributed by atoms with Crippen LogP contribution in [-0.4, -0.2) is 69.4 Å². The Morgan fingerprint density at radius 2 is 1.66 bits per heavy atom. The molecule has 2 aromatic carbocycles. The SMILES string of the molecule is CCOc1ccc(C(=O)N2CCN(C(=O)c3nnn4c3COC(c3ccc(Cl)cc3)C4)CC2)cc1. The van der Waals surface area contributed by atoms with Crippen molar-refractivity contribution in [3.63, 3.8) is 0 Å². The second-order valence-electron chi connectivity index (χ2n) is 8.46. The Bertz CT molecular complexity index is 1200. The summed E-state index contributed by atoms with van der Waals surface area (Å²) >= 11 is 5.98. The molecule has 9 nitrogen and oxygen atoms in total. The van der Waals surface area contributed by atoms with E-state index in [9.17, 15) is 9.59 Å². The molecule has 5 rings (SSSR count). The summed E-state index contributed by atoms with van der Waals surface area (Å²) in [5.41, 5.74) is 2.59. The summed E-state index contributed by atoms with van der Waals surface area (Å²) in [6.45, 7) is 4.99. The van der Waals surface area contributed by atoms with Crippen LogP contribution >= 0.6 is 11.6 Å². The molecule has 0 spiro atoms. The van der Waals surface area contributed by atoms with Crippen LogP contribution in [0.25, 0.3) is 0 Å². The van der Waals surface area contributed by atoms with Crippen LogP contribution in [-0.2, 0) is 17.9 Å². The van der Waals surface area contributed by atoms with Crippen LogP contribution in [0.5, 0.6) is 5.75 Å². The highest BCUT2D eigenvalue weighted by molar-refractivity contribution is 6.30. The van der Waals surface area contributed by atoms with E-state index in [0.717, 1.165) is 11.3 Å². The van der Waals surface area contributed by atoms with Gasteiger partial charge in [0, 0.05) is 36.8 Å². The maximum absolute atomic E-state index is 13.2. The van der Waals surface area contributed by atoms with E-state index in [2.05, 4.69) is 10.3 Å². The van der Waals surface area contributed by atoms with Gasteiger partial charge >= 0.3 is 0 Å². The van der Waals surface area contributed by atoms with Gasteiger partial charge in [-0.05, 0) is 48.9 Å². The zero-order chi connectivity index (χ0) is 24.4. The number of fused-ring (bicyclic) bond motifs is 1. The maximum Gasteiger partial charge on any atom is 0.276 e. The molecule has 1 atom stereocenters. The molecule has 0 N–H and O–H groups in total. The van der Waals surface area contributed by atoms with Crippen LogP contribution in [0.4, 0.5) is 0 Å². The lowest BCUT2D eigenvalue weighted by Crippen LogP contribution is -2.50. The van der Waals surface area contributed by atoms with Gasteiger partial charge in [0.15, 0.2) is 5.69 Å². The molecule has 0 radical (unpaired) electrons. The van der Waals surface area contributed by atoms with Crippen LogP contribution < -0.4 is 4.74 Å². The number of carbonyl (C=O) groups is 2. The van der Waals surface area contributed by atoms with E-state index in [0.29, 0.717) is 61.3 Å². The largest absolute Gasteiger partial charge is 0.494 e. The second kappa shape index (κ2) is 10.1. The molecule has 2 amide bonds. The lowest BCUT2D eigenvalue weighted by atomic mass is 10.1. The molecule has 3 heterocycles. The quantitative estimate of drug-likeness (QED) is 0.540. The normalized spacial score (nSPS) is 17.7. The standard InChI is InChI=1S/C25H26ClN5O4/c1-2-34-20-9-5-18(6-10-20)24(32)29-11-13-30(14-12-29)25(33)23-21-16-35-22(15-31(21)28-27-23)17-3-7-19(26)8-4-17/h3-10,22H,2,11-16H2,1H3. The molecular formula is C25H26ClN5O4. The summed E-state index contributed by atoms with van der Waals surface area (Å²) in [6.07, 6.45) is -0.179. The minimum Gasteiger partial charge on any atom is -0.494 e. The van der Waals surface area contributed by atoms with Crippen LogP contribution in [0.3, 0.4) is 0 Å². The molecule has 10 heteroatoms. The number of amides is 2. The average molecular weight is 496 g/mol. The molecule has 1 unspecified atom stereocenters. The van der Waals surface area contributed by atoms with Crippen molar-refractivity contribution in [2.45, 2.75) is 26.2 Å².